The van der Waals surface area contributed by atoms with Gasteiger partial charge in [0.25, 0.3) is 0 Å². The van der Waals surface area contributed by atoms with Crippen molar-refractivity contribution < 1.29 is 14.0 Å². The van der Waals surface area contributed by atoms with Gasteiger partial charge in [-0.05, 0) is 0 Å². The molecule has 0 aromatic carbocycles. The van der Waals surface area contributed by atoms with Gasteiger partial charge in [-0.3, -0.25) is 0 Å². The third-order valence-electron chi connectivity index (χ3n) is 2.49. The molecule has 0 spiro atoms. The molecule has 3 nitrogen and oxygen atoms in total. The largest absolute Gasteiger partial charge is 0.465 e. The minimum atomic E-state index is -0.147. The van der Waals surface area contributed by atoms with Crippen LogP contribution < -0.4 is 9.30 Å². The Bertz CT molecular complexity index is 280. The molecule has 1 aromatic rings. The molecule has 1 atom stereocenters. The van der Waals surface area contributed by atoms with Gasteiger partial charge >= 0.3 is 0 Å². The summed E-state index contributed by atoms with van der Waals surface area (Å²) in [6.45, 7) is 5.30. The van der Waals surface area contributed by atoms with Crippen LogP contribution in [0.15, 0.2) is 24.5 Å². The first-order valence-corrected chi connectivity index (χ1v) is 5.98. The number of pyridine rings is 1. The Labute approximate surface area is 98.0 Å². The predicted molar refractivity (Wildman–Crippen MR) is 63.3 cm³/mol. The van der Waals surface area contributed by atoms with Crippen molar-refractivity contribution in [1.82, 2.24) is 0 Å². The summed E-state index contributed by atoms with van der Waals surface area (Å²) in [6, 6.07) is 3.97. The molecule has 1 rings (SSSR count). The van der Waals surface area contributed by atoms with Crippen LogP contribution >= 0.6 is 0 Å². The summed E-state index contributed by atoms with van der Waals surface area (Å²) < 4.78 is 13.0. The highest BCUT2D eigenvalue weighted by molar-refractivity contribution is 5.14. The maximum absolute atomic E-state index is 5.64. The second-order valence-electron chi connectivity index (χ2n) is 3.82. The fourth-order valence-corrected chi connectivity index (χ4v) is 1.46. The van der Waals surface area contributed by atoms with Crippen molar-refractivity contribution in [1.29, 1.82) is 0 Å². The molecular weight excluding hydrogens is 202 g/mol. The van der Waals surface area contributed by atoms with E-state index in [2.05, 4.69) is 11.5 Å². The van der Waals surface area contributed by atoms with Crippen LogP contribution in [-0.4, -0.2) is 13.4 Å². The van der Waals surface area contributed by atoms with Crippen LogP contribution in [0, 0.1) is 0 Å². The van der Waals surface area contributed by atoms with Gasteiger partial charge in [0.2, 0.25) is 0 Å². The highest BCUT2D eigenvalue weighted by Gasteiger charge is 2.07. The second-order valence-corrected chi connectivity index (χ2v) is 3.82. The third-order valence-corrected chi connectivity index (χ3v) is 2.49. The van der Waals surface area contributed by atoms with Crippen molar-refractivity contribution in [3.05, 3.63) is 24.5 Å². The van der Waals surface area contributed by atoms with Gasteiger partial charge in [0.15, 0.2) is 18.7 Å². The zero-order valence-electron chi connectivity index (χ0n) is 10.5. The molecule has 0 aliphatic rings. The summed E-state index contributed by atoms with van der Waals surface area (Å²) in [5.41, 5.74) is 0. The predicted octanol–water partition coefficient (Wildman–Crippen LogP) is 2.54. The zero-order chi connectivity index (χ0) is 11.8. The number of hydrogen-bond acceptors (Lipinski definition) is 2. The molecule has 0 aliphatic carbocycles. The van der Waals surface area contributed by atoms with Gasteiger partial charge in [0.1, 0.15) is 12.3 Å². The molecule has 1 aromatic heterocycles. The first-order chi connectivity index (χ1) is 7.80. The van der Waals surface area contributed by atoms with Crippen molar-refractivity contribution in [2.45, 2.75) is 45.9 Å². The van der Waals surface area contributed by atoms with Crippen LogP contribution in [0.4, 0.5) is 0 Å². The quantitative estimate of drug-likeness (QED) is 0.524. The molecule has 0 saturated heterocycles. The van der Waals surface area contributed by atoms with Crippen molar-refractivity contribution >= 4 is 0 Å². The molecule has 90 valence electrons. The number of aryl methyl sites for hydroxylation is 1. The van der Waals surface area contributed by atoms with E-state index in [4.69, 9.17) is 9.47 Å². The SMILES string of the molecule is CCCC[n+]1ccc(OC(CC)OC)cc1. The summed E-state index contributed by atoms with van der Waals surface area (Å²) in [6.07, 6.45) is 7.22. The summed E-state index contributed by atoms with van der Waals surface area (Å²) in [5.74, 6) is 0.862. The van der Waals surface area contributed by atoms with E-state index in [9.17, 15) is 0 Å². The number of rotatable bonds is 7. The molecule has 0 radical (unpaired) electrons. The molecular formula is C13H22NO2+. The number of hydrogen-bond donors (Lipinski definition) is 0. The van der Waals surface area contributed by atoms with Gasteiger partial charge in [0.05, 0.1) is 0 Å². The lowest BCUT2D eigenvalue weighted by atomic mass is 10.3. The lowest BCUT2D eigenvalue weighted by Crippen LogP contribution is -2.32. The first kappa shape index (κ1) is 13.0. The van der Waals surface area contributed by atoms with Crippen LogP contribution in [0.1, 0.15) is 33.1 Å². The zero-order valence-corrected chi connectivity index (χ0v) is 10.5. The number of aromatic nitrogens is 1. The van der Waals surface area contributed by atoms with E-state index in [1.165, 1.54) is 12.8 Å². The van der Waals surface area contributed by atoms with Gasteiger partial charge in [-0.25, -0.2) is 4.57 Å². The Morgan fingerprint density at radius 3 is 2.44 bits per heavy atom. The summed E-state index contributed by atoms with van der Waals surface area (Å²) in [4.78, 5) is 0. The number of ether oxygens (including phenoxy) is 2. The number of methoxy groups -OCH3 is 1. The average Bonchev–Trinajstić information content (AvgIpc) is 2.35. The van der Waals surface area contributed by atoms with Gasteiger partial charge in [-0.2, -0.15) is 0 Å². The molecule has 0 amide bonds. The summed E-state index contributed by atoms with van der Waals surface area (Å²) in [5, 5.41) is 0. The van der Waals surface area contributed by atoms with Gasteiger partial charge in [-0.1, -0.05) is 20.3 Å². The van der Waals surface area contributed by atoms with Crippen molar-refractivity contribution in [3.63, 3.8) is 0 Å². The normalized spacial score (nSPS) is 12.4. The molecule has 0 N–H and O–H groups in total. The summed E-state index contributed by atoms with van der Waals surface area (Å²) >= 11 is 0. The van der Waals surface area contributed by atoms with Gasteiger partial charge < -0.3 is 9.47 Å². The minimum absolute atomic E-state index is 0.147. The molecule has 0 fully saturated rings. The first-order valence-electron chi connectivity index (χ1n) is 5.98. The molecule has 1 unspecified atom stereocenters. The fourth-order valence-electron chi connectivity index (χ4n) is 1.46. The lowest BCUT2D eigenvalue weighted by Gasteiger charge is -2.14. The van der Waals surface area contributed by atoms with Crippen LogP contribution in [0.2, 0.25) is 0 Å². The molecule has 3 heteroatoms. The number of nitrogens with zero attached hydrogens (tertiary/aromatic N) is 1. The lowest BCUT2D eigenvalue weighted by molar-refractivity contribution is -0.697. The smallest absolute Gasteiger partial charge is 0.199 e. The van der Waals surface area contributed by atoms with E-state index in [-0.39, 0.29) is 6.29 Å². The van der Waals surface area contributed by atoms with E-state index in [1.54, 1.807) is 7.11 Å². The number of unbranched alkanes of at least 4 members (excludes halogenated alkanes) is 1. The Kier molecular flexibility index (Phi) is 5.86. The molecule has 0 saturated carbocycles. The maximum Gasteiger partial charge on any atom is 0.199 e. The topological polar surface area (TPSA) is 22.3 Å². The van der Waals surface area contributed by atoms with E-state index in [0.29, 0.717) is 0 Å². The molecule has 0 bridgehead atoms. The van der Waals surface area contributed by atoms with Crippen LogP contribution in [-0.2, 0) is 11.3 Å². The van der Waals surface area contributed by atoms with Crippen LogP contribution in [0.5, 0.6) is 5.75 Å². The van der Waals surface area contributed by atoms with E-state index >= 15 is 0 Å². The fraction of sp³-hybridized carbons (Fsp3) is 0.615. The average molecular weight is 224 g/mol. The third kappa shape index (κ3) is 4.19. The van der Waals surface area contributed by atoms with Gasteiger partial charge in [-0.15, -0.1) is 0 Å². The van der Waals surface area contributed by atoms with Crippen molar-refractivity contribution in [2.75, 3.05) is 7.11 Å². The molecule has 16 heavy (non-hydrogen) atoms. The van der Waals surface area contributed by atoms with E-state index < -0.39 is 0 Å². The standard InChI is InChI=1S/C13H22NO2/c1-4-6-9-14-10-7-12(8-11-14)16-13(5-2)15-3/h7-8,10-11,13H,4-6,9H2,1-3H3/q+1. The minimum Gasteiger partial charge on any atom is -0.465 e. The Morgan fingerprint density at radius 2 is 1.94 bits per heavy atom. The highest BCUT2D eigenvalue weighted by atomic mass is 16.7. The van der Waals surface area contributed by atoms with E-state index in [0.717, 1.165) is 18.7 Å². The van der Waals surface area contributed by atoms with Crippen LogP contribution in [0.25, 0.3) is 0 Å². The summed E-state index contributed by atoms with van der Waals surface area (Å²) in [7, 11) is 1.67. The van der Waals surface area contributed by atoms with Crippen LogP contribution in [0.3, 0.4) is 0 Å². The Balaban J connectivity index is 2.50. The second kappa shape index (κ2) is 7.23. The Morgan fingerprint density at radius 1 is 1.25 bits per heavy atom. The van der Waals surface area contributed by atoms with Gasteiger partial charge in [0, 0.05) is 32.1 Å². The molecule has 0 aliphatic heterocycles. The highest BCUT2D eigenvalue weighted by Crippen LogP contribution is 2.11. The van der Waals surface area contributed by atoms with Crippen molar-refractivity contribution in [2.24, 2.45) is 0 Å². The van der Waals surface area contributed by atoms with Crippen molar-refractivity contribution in [3.8, 4) is 5.75 Å². The Hall–Kier alpha value is -1.09. The maximum atomic E-state index is 5.64. The monoisotopic (exact) mass is 224 g/mol. The molecule has 1 heterocycles. The van der Waals surface area contributed by atoms with E-state index in [1.807, 2.05) is 31.5 Å².